The molecule has 21 heavy (non-hydrogen) atoms. The van der Waals surface area contributed by atoms with E-state index >= 15 is 0 Å². The van der Waals surface area contributed by atoms with E-state index in [4.69, 9.17) is 16.3 Å². The van der Waals surface area contributed by atoms with Gasteiger partial charge in [0.25, 0.3) is 5.69 Å². The standard InChI is InChI=1S/C12H8ClN5O3/c1-17-10-9(6-14-17)11(16-12(13)15-10)21-8-4-2-7(3-5-8)18(19)20/h2-6H,1H3. The topological polar surface area (TPSA) is 96.0 Å². The Kier molecular flexibility index (Phi) is 3.15. The largest absolute Gasteiger partial charge is 0.438 e. The molecule has 3 rings (SSSR count). The van der Waals surface area contributed by atoms with Crippen molar-refractivity contribution in [2.24, 2.45) is 7.05 Å². The fourth-order valence-corrected chi connectivity index (χ4v) is 1.95. The van der Waals surface area contributed by atoms with Crippen molar-refractivity contribution < 1.29 is 9.66 Å². The van der Waals surface area contributed by atoms with E-state index in [1.165, 1.54) is 24.3 Å². The van der Waals surface area contributed by atoms with E-state index in [9.17, 15) is 10.1 Å². The lowest BCUT2D eigenvalue weighted by molar-refractivity contribution is -0.384. The van der Waals surface area contributed by atoms with Crippen molar-refractivity contribution in [1.29, 1.82) is 0 Å². The molecule has 0 bridgehead atoms. The molecule has 2 aromatic heterocycles. The molecular formula is C12H8ClN5O3. The van der Waals surface area contributed by atoms with Gasteiger partial charge in [-0.1, -0.05) is 0 Å². The van der Waals surface area contributed by atoms with Crippen LogP contribution < -0.4 is 4.74 Å². The van der Waals surface area contributed by atoms with Crippen molar-refractivity contribution in [1.82, 2.24) is 19.7 Å². The van der Waals surface area contributed by atoms with Crippen molar-refractivity contribution in [3.63, 3.8) is 0 Å². The summed E-state index contributed by atoms with van der Waals surface area (Å²) in [6.45, 7) is 0. The van der Waals surface area contributed by atoms with Gasteiger partial charge < -0.3 is 4.74 Å². The fourth-order valence-electron chi connectivity index (χ4n) is 1.80. The third kappa shape index (κ3) is 2.48. The predicted octanol–water partition coefficient (Wildman–Crippen LogP) is 2.72. The summed E-state index contributed by atoms with van der Waals surface area (Å²) in [6, 6.07) is 5.66. The Labute approximate surface area is 123 Å². The SMILES string of the molecule is Cn1ncc2c(Oc3ccc([N+](=O)[O-])cc3)nc(Cl)nc21. The summed E-state index contributed by atoms with van der Waals surface area (Å²) in [7, 11) is 1.72. The third-order valence-electron chi connectivity index (χ3n) is 2.79. The lowest BCUT2D eigenvalue weighted by Gasteiger charge is -2.05. The van der Waals surface area contributed by atoms with Gasteiger partial charge in [-0.25, -0.2) is 0 Å². The number of aromatic nitrogens is 4. The summed E-state index contributed by atoms with van der Waals surface area (Å²) in [6.07, 6.45) is 1.56. The minimum absolute atomic E-state index is 0.0189. The maximum atomic E-state index is 10.6. The molecule has 0 unspecified atom stereocenters. The molecule has 1 aromatic carbocycles. The number of non-ortho nitro benzene ring substituents is 1. The first-order valence-corrected chi connectivity index (χ1v) is 6.20. The second-order valence-electron chi connectivity index (χ2n) is 4.16. The summed E-state index contributed by atoms with van der Waals surface area (Å²) in [5.41, 5.74) is 0.515. The highest BCUT2D eigenvalue weighted by Crippen LogP contribution is 2.29. The number of benzene rings is 1. The number of ether oxygens (including phenoxy) is 1. The summed E-state index contributed by atoms with van der Waals surface area (Å²) in [5.74, 6) is 0.646. The van der Waals surface area contributed by atoms with Gasteiger partial charge in [-0.05, 0) is 23.7 Å². The number of hydrogen-bond donors (Lipinski definition) is 0. The van der Waals surface area contributed by atoms with Crippen LogP contribution in [-0.4, -0.2) is 24.7 Å². The Morgan fingerprint density at radius 3 is 2.67 bits per heavy atom. The lowest BCUT2D eigenvalue weighted by atomic mass is 10.3. The fraction of sp³-hybridized carbons (Fsp3) is 0.0833. The minimum atomic E-state index is -0.481. The first-order chi connectivity index (χ1) is 10.0. The van der Waals surface area contributed by atoms with Crippen molar-refractivity contribution in [3.05, 3.63) is 45.9 Å². The summed E-state index contributed by atoms with van der Waals surface area (Å²) < 4.78 is 7.16. The zero-order chi connectivity index (χ0) is 15.0. The average Bonchev–Trinajstić information content (AvgIpc) is 2.81. The quantitative estimate of drug-likeness (QED) is 0.419. The zero-order valence-electron chi connectivity index (χ0n) is 10.7. The van der Waals surface area contributed by atoms with Crippen LogP contribution in [0.25, 0.3) is 11.0 Å². The van der Waals surface area contributed by atoms with Crippen molar-refractivity contribution in [2.45, 2.75) is 0 Å². The number of halogens is 1. The molecule has 0 fully saturated rings. The molecule has 0 saturated heterocycles. The van der Waals surface area contributed by atoms with Gasteiger partial charge in [-0.3, -0.25) is 14.8 Å². The Morgan fingerprint density at radius 2 is 2.00 bits per heavy atom. The number of aryl methyl sites for hydroxylation is 1. The van der Waals surface area contributed by atoms with Crippen LogP contribution in [0, 0.1) is 10.1 Å². The number of nitrogens with zero attached hydrogens (tertiary/aromatic N) is 5. The molecule has 0 aliphatic rings. The van der Waals surface area contributed by atoms with Crippen LogP contribution in [0.3, 0.4) is 0 Å². The highest BCUT2D eigenvalue weighted by molar-refractivity contribution is 6.28. The zero-order valence-corrected chi connectivity index (χ0v) is 11.5. The van der Waals surface area contributed by atoms with Gasteiger partial charge in [-0.15, -0.1) is 0 Å². The molecule has 0 atom stereocenters. The third-order valence-corrected chi connectivity index (χ3v) is 2.96. The molecule has 0 aliphatic carbocycles. The number of hydrogen-bond acceptors (Lipinski definition) is 6. The molecule has 0 N–H and O–H groups in total. The van der Waals surface area contributed by atoms with Crippen LogP contribution in [0.1, 0.15) is 0 Å². The summed E-state index contributed by atoms with van der Waals surface area (Å²) in [4.78, 5) is 18.2. The van der Waals surface area contributed by atoms with Crippen LogP contribution in [0.2, 0.25) is 5.28 Å². The van der Waals surface area contributed by atoms with Crippen LogP contribution in [-0.2, 0) is 7.05 Å². The van der Waals surface area contributed by atoms with Gasteiger partial charge in [0, 0.05) is 19.2 Å². The smallest absolute Gasteiger partial charge is 0.269 e. The molecule has 3 aromatic rings. The van der Waals surface area contributed by atoms with E-state index < -0.39 is 4.92 Å². The highest BCUT2D eigenvalue weighted by atomic mass is 35.5. The number of fused-ring (bicyclic) bond motifs is 1. The maximum absolute atomic E-state index is 10.6. The second-order valence-corrected chi connectivity index (χ2v) is 4.49. The lowest BCUT2D eigenvalue weighted by Crippen LogP contribution is -1.96. The van der Waals surface area contributed by atoms with E-state index in [0.29, 0.717) is 16.8 Å². The second kappa shape index (κ2) is 4.98. The first kappa shape index (κ1) is 13.3. The van der Waals surface area contributed by atoms with Crippen LogP contribution >= 0.6 is 11.6 Å². The van der Waals surface area contributed by atoms with Gasteiger partial charge in [0.05, 0.1) is 11.1 Å². The summed E-state index contributed by atoms with van der Waals surface area (Å²) >= 11 is 5.85. The van der Waals surface area contributed by atoms with Gasteiger partial charge in [-0.2, -0.15) is 15.1 Å². The number of nitro groups is 1. The van der Waals surface area contributed by atoms with Crippen molar-refractivity contribution >= 4 is 28.3 Å². The molecular weight excluding hydrogens is 298 g/mol. The Bertz CT molecular complexity index is 831. The number of nitro benzene ring substituents is 1. The predicted molar refractivity (Wildman–Crippen MR) is 74.5 cm³/mol. The van der Waals surface area contributed by atoms with E-state index in [1.807, 2.05) is 0 Å². The molecule has 106 valence electrons. The van der Waals surface area contributed by atoms with Crippen molar-refractivity contribution in [3.8, 4) is 11.6 Å². The Morgan fingerprint density at radius 1 is 1.29 bits per heavy atom. The normalized spacial score (nSPS) is 10.8. The molecule has 0 aliphatic heterocycles. The van der Waals surface area contributed by atoms with Crippen molar-refractivity contribution in [2.75, 3.05) is 0 Å². The maximum Gasteiger partial charge on any atom is 0.269 e. The van der Waals surface area contributed by atoms with E-state index in [1.54, 1.807) is 17.9 Å². The minimum Gasteiger partial charge on any atom is -0.438 e. The Hall–Kier alpha value is -2.74. The van der Waals surface area contributed by atoms with Gasteiger partial charge >= 0.3 is 0 Å². The average molecular weight is 306 g/mol. The molecule has 2 heterocycles. The highest BCUT2D eigenvalue weighted by Gasteiger charge is 2.13. The van der Waals surface area contributed by atoms with Gasteiger partial charge in [0.1, 0.15) is 11.1 Å². The molecule has 0 amide bonds. The van der Waals surface area contributed by atoms with E-state index in [0.717, 1.165) is 0 Å². The van der Waals surface area contributed by atoms with Gasteiger partial charge in [0.15, 0.2) is 5.65 Å². The molecule has 9 heteroatoms. The van der Waals surface area contributed by atoms with Crippen LogP contribution in [0.4, 0.5) is 5.69 Å². The molecule has 0 saturated carbocycles. The van der Waals surface area contributed by atoms with Crippen LogP contribution in [0.15, 0.2) is 30.5 Å². The van der Waals surface area contributed by atoms with E-state index in [-0.39, 0.29) is 16.9 Å². The molecule has 0 radical (unpaired) electrons. The molecule has 8 nitrogen and oxygen atoms in total. The Balaban J connectivity index is 1.99. The van der Waals surface area contributed by atoms with Gasteiger partial charge in [0.2, 0.25) is 11.2 Å². The summed E-state index contributed by atoms with van der Waals surface area (Å²) in [5, 5.41) is 15.3. The first-order valence-electron chi connectivity index (χ1n) is 5.82. The number of rotatable bonds is 3. The molecule has 0 spiro atoms. The van der Waals surface area contributed by atoms with Crippen LogP contribution in [0.5, 0.6) is 11.6 Å². The van der Waals surface area contributed by atoms with E-state index in [2.05, 4.69) is 15.1 Å². The monoisotopic (exact) mass is 305 g/mol.